The molecule has 3 fully saturated rings. The topological polar surface area (TPSA) is 26.1 Å². The molecular weight excluding hydrogens is 150 g/mol. The predicted molar refractivity (Wildman–Crippen MR) is 47.0 cm³/mol. The Labute approximate surface area is 72.9 Å². The molecule has 0 aromatic carbocycles. The van der Waals surface area contributed by atoms with E-state index in [1.807, 2.05) is 6.21 Å². The summed E-state index contributed by atoms with van der Waals surface area (Å²) < 4.78 is 1.19. The van der Waals surface area contributed by atoms with Gasteiger partial charge in [-0.1, -0.05) is 0 Å². The fourth-order valence-corrected chi connectivity index (χ4v) is 3.59. The van der Waals surface area contributed by atoms with Crippen LogP contribution in [0, 0.1) is 28.9 Å². The fourth-order valence-electron chi connectivity index (χ4n) is 3.59. The van der Waals surface area contributed by atoms with Gasteiger partial charge in [-0.3, -0.25) is 0 Å². The summed E-state index contributed by atoms with van der Waals surface area (Å²) in [6, 6.07) is 0. The van der Waals surface area contributed by atoms with Gasteiger partial charge in [0.25, 0.3) is 0 Å². The fraction of sp³-hybridized carbons (Fsp3) is 0.900. The Morgan fingerprint density at radius 2 is 1.75 bits per heavy atom. The van der Waals surface area contributed by atoms with Gasteiger partial charge < -0.3 is 5.21 Å². The summed E-state index contributed by atoms with van der Waals surface area (Å²) in [5.74, 6) is 3.14. The Bertz CT molecular complexity index is 228. The normalized spacial score (nSPS) is 50.5. The number of rotatable bonds is 0. The van der Waals surface area contributed by atoms with Gasteiger partial charge in [0.1, 0.15) is 0 Å². The Kier molecular flexibility index (Phi) is 1.29. The van der Waals surface area contributed by atoms with Crippen LogP contribution in [0.3, 0.4) is 0 Å². The van der Waals surface area contributed by atoms with Crippen LogP contribution in [0.25, 0.3) is 0 Å². The zero-order chi connectivity index (χ0) is 8.13. The van der Waals surface area contributed by atoms with E-state index in [9.17, 15) is 5.21 Å². The van der Waals surface area contributed by atoms with Crippen molar-refractivity contribution in [1.82, 2.24) is 0 Å². The first-order chi connectivity index (χ1) is 5.84. The van der Waals surface area contributed by atoms with Gasteiger partial charge in [0.2, 0.25) is 0 Å². The molecule has 0 N–H and O–H groups in total. The van der Waals surface area contributed by atoms with E-state index in [1.54, 1.807) is 0 Å². The second-order valence-corrected chi connectivity index (χ2v) is 4.66. The third-order valence-corrected chi connectivity index (χ3v) is 4.19. The molecule has 2 atom stereocenters. The molecule has 3 saturated carbocycles. The van der Waals surface area contributed by atoms with E-state index < -0.39 is 0 Å². The Hall–Kier alpha value is -0.530. The summed E-state index contributed by atoms with van der Waals surface area (Å²) in [7, 11) is 0. The molecule has 0 aromatic rings. The maximum absolute atomic E-state index is 11.2. The highest BCUT2D eigenvalue weighted by Crippen LogP contribution is 2.49. The molecule has 0 aromatic heterocycles. The Morgan fingerprint density at radius 3 is 2.42 bits per heavy atom. The molecule has 0 spiro atoms. The van der Waals surface area contributed by atoms with E-state index in [-0.39, 0.29) is 0 Å². The van der Waals surface area contributed by atoms with Gasteiger partial charge in [-0.2, -0.15) is 0 Å². The van der Waals surface area contributed by atoms with Crippen LogP contribution >= 0.6 is 0 Å². The third-order valence-electron chi connectivity index (χ3n) is 4.19. The minimum Gasteiger partial charge on any atom is -0.624 e. The van der Waals surface area contributed by atoms with Gasteiger partial charge in [0.15, 0.2) is 12.8 Å². The monoisotopic (exact) mass is 165 g/mol. The summed E-state index contributed by atoms with van der Waals surface area (Å²) in [6.07, 6.45) is 7.52. The highest BCUT2D eigenvalue weighted by molar-refractivity contribution is 5.58. The largest absolute Gasteiger partial charge is 0.624 e. The van der Waals surface area contributed by atoms with E-state index in [4.69, 9.17) is 0 Å². The van der Waals surface area contributed by atoms with Gasteiger partial charge in [-0.15, -0.1) is 0 Å². The molecular formula is C10H15NO. The van der Waals surface area contributed by atoms with Gasteiger partial charge >= 0.3 is 0 Å². The SMILES string of the molecule is [O-][N+]1=CC2C3CCC(CC3)C2C1. The van der Waals surface area contributed by atoms with E-state index in [0.29, 0.717) is 5.92 Å². The Balaban J connectivity index is 1.92. The van der Waals surface area contributed by atoms with Gasteiger partial charge in [0, 0.05) is 11.8 Å². The molecule has 4 aliphatic rings. The molecule has 0 saturated heterocycles. The van der Waals surface area contributed by atoms with Crippen molar-refractivity contribution in [1.29, 1.82) is 0 Å². The van der Waals surface area contributed by atoms with Crippen LogP contribution in [0.1, 0.15) is 25.7 Å². The van der Waals surface area contributed by atoms with Crippen molar-refractivity contribution in [2.24, 2.45) is 23.7 Å². The van der Waals surface area contributed by atoms with Crippen molar-refractivity contribution in [3.05, 3.63) is 5.21 Å². The molecule has 0 amide bonds. The molecule has 1 aliphatic heterocycles. The molecule has 2 bridgehead atoms. The van der Waals surface area contributed by atoms with Crippen LogP contribution in [0.4, 0.5) is 0 Å². The molecule has 66 valence electrons. The van der Waals surface area contributed by atoms with Crippen LogP contribution in [-0.4, -0.2) is 17.5 Å². The van der Waals surface area contributed by atoms with E-state index in [0.717, 1.165) is 24.3 Å². The Morgan fingerprint density at radius 1 is 1.08 bits per heavy atom. The first kappa shape index (κ1) is 6.93. The molecule has 2 unspecified atom stereocenters. The average Bonchev–Trinajstić information content (AvgIpc) is 2.49. The van der Waals surface area contributed by atoms with Crippen molar-refractivity contribution < 1.29 is 4.74 Å². The number of hydroxylamine groups is 1. The lowest BCUT2D eigenvalue weighted by atomic mass is 9.60. The number of hydrogen-bond acceptors (Lipinski definition) is 1. The van der Waals surface area contributed by atoms with E-state index in [1.165, 1.54) is 30.4 Å². The van der Waals surface area contributed by atoms with Crippen molar-refractivity contribution in [2.75, 3.05) is 6.54 Å². The van der Waals surface area contributed by atoms with E-state index in [2.05, 4.69) is 0 Å². The summed E-state index contributed by atoms with van der Waals surface area (Å²) in [5, 5.41) is 11.2. The second-order valence-electron chi connectivity index (χ2n) is 4.66. The predicted octanol–water partition coefficient (Wildman–Crippen LogP) is 1.63. The molecule has 1 heterocycles. The van der Waals surface area contributed by atoms with Crippen LogP contribution in [0.15, 0.2) is 0 Å². The molecule has 4 rings (SSSR count). The number of hydrogen-bond donors (Lipinski definition) is 0. The van der Waals surface area contributed by atoms with Gasteiger partial charge in [-0.05, 0) is 37.5 Å². The van der Waals surface area contributed by atoms with Crippen LogP contribution in [0.2, 0.25) is 0 Å². The zero-order valence-corrected chi connectivity index (χ0v) is 7.28. The van der Waals surface area contributed by atoms with Crippen LogP contribution < -0.4 is 0 Å². The van der Waals surface area contributed by atoms with Crippen molar-refractivity contribution >= 4 is 6.21 Å². The number of nitrogens with zero attached hydrogens (tertiary/aromatic N) is 1. The van der Waals surface area contributed by atoms with Gasteiger partial charge in [0.05, 0.1) is 0 Å². The summed E-state index contributed by atoms with van der Waals surface area (Å²) in [4.78, 5) is 0. The smallest absolute Gasteiger partial charge is 0.156 e. The highest BCUT2D eigenvalue weighted by atomic mass is 16.5. The van der Waals surface area contributed by atoms with Crippen molar-refractivity contribution in [2.45, 2.75) is 25.7 Å². The zero-order valence-electron chi connectivity index (χ0n) is 7.28. The lowest BCUT2D eigenvalue weighted by Crippen LogP contribution is -2.39. The molecule has 3 aliphatic carbocycles. The first-order valence-electron chi connectivity index (χ1n) is 5.13. The maximum atomic E-state index is 11.2. The van der Waals surface area contributed by atoms with Crippen molar-refractivity contribution in [3.63, 3.8) is 0 Å². The molecule has 0 radical (unpaired) electrons. The highest BCUT2D eigenvalue weighted by Gasteiger charge is 2.48. The summed E-state index contributed by atoms with van der Waals surface area (Å²) >= 11 is 0. The quantitative estimate of drug-likeness (QED) is 0.396. The average molecular weight is 165 g/mol. The minimum atomic E-state index is 0.662. The molecule has 2 heteroatoms. The standard InChI is InChI=1S/C10H15NO/c12-11-5-9-7-1-2-8(4-3-7)10(9)6-11/h5,7-10H,1-4,6H2. The van der Waals surface area contributed by atoms with Crippen LogP contribution in [0.5, 0.6) is 0 Å². The third kappa shape index (κ3) is 0.782. The lowest BCUT2D eigenvalue weighted by Gasteiger charge is -2.42. The first-order valence-corrected chi connectivity index (χ1v) is 5.13. The lowest BCUT2D eigenvalue weighted by molar-refractivity contribution is -0.452. The molecule has 12 heavy (non-hydrogen) atoms. The maximum Gasteiger partial charge on any atom is 0.156 e. The summed E-state index contributed by atoms with van der Waals surface area (Å²) in [5.41, 5.74) is 0. The van der Waals surface area contributed by atoms with Crippen molar-refractivity contribution in [3.8, 4) is 0 Å². The van der Waals surface area contributed by atoms with Crippen LogP contribution in [-0.2, 0) is 0 Å². The minimum absolute atomic E-state index is 0.662. The van der Waals surface area contributed by atoms with Gasteiger partial charge in [-0.25, -0.2) is 4.74 Å². The number of fused-ring (bicyclic) bond motifs is 2. The molecule has 2 nitrogen and oxygen atoms in total. The van der Waals surface area contributed by atoms with E-state index >= 15 is 0 Å². The summed E-state index contributed by atoms with van der Waals surface area (Å²) in [6.45, 7) is 0.797. The second kappa shape index (κ2) is 2.24.